The van der Waals surface area contributed by atoms with Crippen molar-refractivity contribution >= 4 is 11.6 Å². The molecule has 0 bridgehead atoms. The normalized spacial score (nSPS) is 28.7. The Morgan fingerprint density at radius 1 is 1.42 bits per heavy atom. The molecule has 100 valence electrons. The summed E-state index contributed by atoms with van der Waals surface area (Å²) in [5.41, 5.74) is 1.59. The third-order valence-corrected chi connectivity index (χ3v) is 4.75. The summed E-state index contributed by atoms with van der Waals surface area (Å²) < 4.78 is 5.22. The fraction of sp³-hybridized carbons (Fsp3) is 0.500. The second kappa shape index (κ2) is 4.19. The molecule has 2 atom stereocenters. The summed E-state index contributed by atoms with van der Waals surface area (Å²) in [6, 6.07) is 5.67. The average Bonchev–Trinajstić information content (AvgIpc) is 2.94. The highest BCUT2D eigenvalue weighted by atomic mass is 16.5. The van der Waals surface area contributed by atoms with Gasteiger partial charge in [-0.1, -0.05) is 0 Å². The molecular formula is C16H18O3. The number of carbonyl (C=O) groups is 2. The van der Waals surface area contributed by atoms with Crippen LogP contribution in [0.2, 0.25) is 0 Å². The van der Waals surface area contributed by atoms with Crippen LogP contribution in [0.4, 0.5) is 0 Å². The zero-order valence-electron chi connectivity index (χ0n) is 11.4. The Bertz CT molecular complexity index is 561. The quantitative estimate of drug-likeness (QED) is 0.819. The van der Waals surface area contributed by atoms with Gasteiger partial charge in [-0.3, -0.25) is 9.59 Å². The van der Waals surface area contributed by atoms with Crippen molar-refractivity contribution in [3.8, 4) is 5.75 Å². The van der Waals surface area contributed by atoms with E-state index in [0.29, 0.717) is 0 Å². The first-order valence-corrected chi connectivity index (χ1v) is 6.78. The minimum Gasteiger partial charge on any atom is -0.497 e. The van der Waals surface area contributed by atoms with Gasteiger partial charge in [0.05, 0.1) is 7.11 Å². The number of methoxy groups -OCH3 is 1. The Hall–Kier alpha value is -1.64. The second-order valence-corrected chi connectivity index (χ2v) is 5.86. The van der Waals surface area contributed by atoms with Gasteiger partial charge in [0.1, 0.15) is 11.5 Å². The van der Waals surface area contributed by atoms with Gasteiger partial charge in [0, 0.05) is 16.9 Å². The predicted molar refractivity (Wildman–Crippen MR) is 71.5 cm³/mol. The molecule has 0 N–H and O–H groups in total. The average molecular weight is 258 g/mol. The van der Waals surface area contributed by atoms with Crippen molar-refractivity contribution in [2.45, 2.75) is 32.6 Å². The van der Waals surface area contributed by atoms with E-state index in [1.54, 1.807) is 14.0 Å². The lowest BCUT2D eigenvalue weighted by Crippen LogP contribution is -2.25. The maximum Gasteiger partial charge on any atom is 0.169 e. The number of hydrogen-bond acceptors (Lipinski definition) is 3. The summed E-state index contributed by atoms with van der Waals surface area (Å²) in [7, 11) is 1.63. The fourth-order valence-electron chi connectivity index (χ4n) is 3.64. The molecule has 1 saturated carbocycles. The number of carbonyl (C=O) groups excluding carboxylic acids is 2. The molecule has 3 nitrogen and oxygen atoms in total. The van der Waals surface area contributed by atoms with Gasteiger partial charge < -0.3 is 4.74 Å². The Morgan fingerprint density at radius 2 is 2.21 bits per heavy atom. The first-order chi connectivity index (χ1) is 9.05. The summed E-state index contributed by atoms with van der Waals surface area (Å²) in [4.78, 5) is 24.2. The topological polar surface area (TPSA) is 43.4 Å². The molecule has 0 aliphatic heterocycles. The van der Waals surface area contributed by atoms with Crippen LogP contribution in [0.1, 0.15) is 42.1 Å². The van der Waals surface area contributed by atoms with Crippen LogP contribution in [0.3, 0.4) is 0 Å². The number of benzene rings is 1. The van der Waals surface area contributed by atoms with Crippen LogP contribution < -0.4 is 4.74 Å². The van der Waals surface area contributed by atoms with E-state index in [1.165, 1.54) is 0 Å². The van der Waals surface area contributed by atoms with Gasteiger partial charge >= 0.3 is 0 Å². The molecule has 1 fully saturated rings. The van der Waals surface area contributed by atoms with Gasteiger partial charge in [0.2, 0.25) is 0 Å². The van der Waals surface area contributed by atoms with E-state index in [2.05, 4.69) is 0 Å². The molecule has 1 aromatic carbocycles. The standard InChI is InChI=1S/C16H18O3/c1-10(17)11-5-6-16(8-11)9-12-7-13(19-2)3-4-14(12)15(16)18/h3-4,7,11H,5-6,8-9H2,1-2H3/t11-,16-/m0/s1. The van der Waals surface area contributed by atoms with E-state index in [9.17, 15) is 9.59 Å². The number of fused-ring (bicyclic) bond motifs is 1. The minimum absolute atomic E-state index is 0.0696. The number of ketones is 2. The number of ether oxygens (including phenoxy) is 1. The zero-order valence-corrected chi connectivity index (χ0v) is 11.4. The lowest BCUT2D eigenvalue weighted by Gasteiger charge is -2.20. The monoisotopic (exact) mass is 258 g/mol. The van der Waals surface area contributed by atoms with E-state index < -0.39 is 0 Å². The third-order valence-electron chi connectivity index (χ3n) is 4.75. The smallest absolute Gasteiger partial charge is 0.169 e. The maximum atomic E-state index is 12.6. The molecule has 2 aliphatic rings. The molecule has 2 aliphatic carbocycles. The van der Waals surface area contributed by atoms with Gasteiger partial charge in [-0.25, -0.2) is 0 Å². The Labute approximate surface area is 113 Å². The molecule has 3 rings (SSSR count). The molecular weight excluding hydrogens is 240 g/mol. The Morgan fingerprint density at radius 3 is 2.84 bits per heavy atom. The van der Waals surface area contributed by atoms with Crippen LogP contribution >= 0.6 is 0 Å². The molecule has 0 radical (unpaired) electrons. The Kier molecular flexibility index (Phi) is 2.73. The van der Waals surface area contributed by atoms with E-state index >= 15 is 0 Å². The molecule has 19 heavy (non-hydrogen) atoms. The number of rotatable bonds is 2. The minimum atomic E-state index is -0.314. The largest absolute Gasteiger partial charge is 0.497 e. The summed E-state index contributed by atoms with van der Waals surface area (Å²) in [5.74, 6) is 1.32. The molecule has 0 saturated heterocycles. The van der Waals surface area contributed by atoms with Crippen LogP contribution in [-0.2, 0) is 11.2 Å². The summed E-state index contributed by atoms with van der Waals surface area (Å²) in [6.07, 6.45) is 3.18. The van der Waals surface area contributed by atoms with Crippen molar-refractivity contribution in [2.75, 3.05) is 7.11 Å². The fourth-order valence-corrected chi connectivity index (χ4v) is 3.64. The van der Waals surface area contributed by atoms with E-state index in [4.69, 9.17) is 4.74 Å². The highest BCUT2D eigenvalue weighted by molar-refractivity contribution is 6.05. The first-order valence-electron chi connectivity index (χ1n) is 6.78. The van der Waals surface area contributed by atoms with Crippen LogP contribution in [0.5, 0.6) is 5.75 Å². The van der Waals surface area contributed by atoms with Gasteiger partial charge in [0.25, 0.3) is 0 Å². The Balaban J connectivity index is 1.93. The maximum absolute atomic E-state index is 12.6. The lowest BCUT2D eigenvalue weighted by molar-refractivity contribution is -0.120. The lowest BCUT2D eigenvalue weighted by atomic mass is 9.81. The molecule has 0 unspecified atom stereocenters. The van der Waals surface area contributed by atoms with E-state index in [-0.39, 0.29) is 22.9 Å². The zero-order chi connectivity index (χ0) is 13.6. The summed E-state index contributed by atoms with van der Waals surface area (Å²) in [6.45, 7) is 1.64. The second-order valence-electron chi connectivity index (χ2n) is 5.86. The van der Waals surface area contributed by atoms with Gasteiger partial charge in [-0.2, -0.15) is 0 Å². The van der Waals surface area contributed by atoms with E-state index in [1.807, 2.05) is 18.2 Å². The predicted octanol–water partition coefficient (Wildman–Crippen LogP) is 2.81. The molecule has 0 heterocycles. The number of Topliss-reactive ketones (excluding diaryl/α,β-unsaturated/α-hetero) is 2. The highest BCUT2D eigenvalue weighted by Crippen LogP contribution is 2.51. The van der Waals surface area contributed by atoms with Gasteiger partial charge in [-0.05, 0) is 56.4 Å². The van der Waals surface area contributed by atoms with Crippen molar-refractivity contribution in [1.29, 1.82) is 0 Å². The van der Waals surface area contributed by atoms with Crippen molar-refractivity contribution in [3.63, 3.8) is 0 Å². The van der Waals surface area contributed by atoms with Crippen LogP contribution in [0, 0.1) is 11.3 Å². The molecule has 1 spiro atoms. The van der Waals surface area contributed by atoms with Gasteiger partial charge in [-0.15, -0.1) is 0 Å². The molecule has 0 amide bonds. The SMILES string of the molecule is COc1ccc2c(c1)C[C@@]1(CC[C@H](C(C)=O)C1)C2=O. The van der Waals surface area contributed by atoms with E-state index in [0.717, 1.165) is 42.6 Å². The number of hydrogen-bond donors (Lipinski definition) is 0. The van der Waals surface area contributed by atoms with Crippen molar-refractivity contribution in [3.05, 3.63) is 29.3 Å². The van der Waals surface area contributed by atoms with Crippen LogP contribution in [-0.4, -0.2) is 18.7 Å². The van der Waals surface area contributed by atoms with Crippen LogP contribution in [0.15, 0.2) is 18.2 Å². The van der Waals surface area contributed by atoms with Gasteiger partial charge in [0.15, 0.2) is 5.78 Å². The highest BCUT2D eigenvalue weighted by Gasteiger charge is 2.50. The van der Waals surface area contributed by atoms with Crippen molar-refractivity contribution in [2.24, 2.45) is 11.3 Å². The third kappa shape index (κ3) is 1.79. The van der Waals surface area contributed by atoms with Crippen molar-refractivity contribution < 1.29 is 14.3 Å². The summed E-state index contributed by atoms with van der Waals surface area (Å²) >= 11 is 0. The summed E-state index contributed by atoms with van der Waals surface area (Å²) in [5, 5.41) is 0. The molecule has 0 aromatic heterocycles. The molecule has 1 aromatic rings. The first kappa shape index (κ1) is 12.4. The van der Waals surface area contributed by atoms with Crippen LogP contribution in [0.25, 0.3) is 0 Å². The van der Waals surface area contributed by atoms with Crippen molar-refractivity contribution in [1.82, 2.24) is 0 Å². The molecule has 3 heteroatoms.